The molecule has 6 radical (unpaired) electrons. The van der Waals surface area contributed by atoms with Crippen LogP contribution < -0.4 is 0 Å². The van der Waals surface area contributed by atoms with Crippen molar-refractivity contribution in [3.8, 4) is 11.9 Å². The maximum absolute atomic E-state index is 7.10. The van der Waals surface area contributed by atoms with E-state index in [-0.39, 0.29) is 37.7 Å². The van der Waals surface area contributed by atoms with Gasteiger partial charge in [-0.3, -0.25) is 22.5 Å². The fourth-order valence-electron chi connectivity index (χ4n) is 0. The van der Waals surface area contributed by atoms with Crippen LogP contribution >= 0.6 is 0 Å². The normalized spacial score (nSPS) is 2.29. The van der Waals surface area contributed by atoms with Gasteiger partial charge in [0.25, 0.3) is 0 Å². The first-order valence-electron chi connectivity index (χ1n) is 1.02. The van der Waals surface area contributed by atoms with E-state index in [9.17, 15) is 0 Å². The average molecular weight is 114 g/mol. The van der Waals surface area contributed by atoms with Gasteiger partial charge in [-0.15, -0.1) is 0 Å². The molecule has 0 bridgehead atoms. The Kier molecular flexibility index (Phi) is 73.2. The maximum Gasteiger partial charge on any atom is 2.00 e. The molecule has 0 fully saturated rings. The fraction of sp³-hybridized carbons (Fsp3) is 0. The maximum atomic E-state index is 7.10. The molecule has 0 spiro atoms. The Bertz CT molecular complexity index is 68.7. The number of nitrogens with zero attached hydrogens (tertiary/aromatic N) is 2. The second-order valence-corrected chi connectivity index (χ2v) is 0.258. The Hall–Kier alpha value is 0.370. The van der Waals surface area contributed by atoms with Crippen molar-refractivity contribution in [1.82, 2.24) is 0 Å². The van der Waals surface area contributed by atoms with Gasteiger partial charge in [0.2, 0.25) is 0 Å². The van der Waals surface area contributed by atoms with Crippen LogP contribution in [0.25, 0.3) is 0 Å². The molecule has 0 aromatic carbocycles. The average Bonchev–Trinajstić information content (AvgIpc) is 1.39. The van der Waals surface area contributed by atoms with E-state index < -0.39 is 0 Å². The minimum atomic E-state index is 0. The van der Waals surface area contributed by atoms with Crippen LogP contribution in [0.5, 0.6) is 0 Å². The molecule has 0 amide bonds. The van der Waals surface area contributed by atoms with Gasteiger partial charge in [0.1, 0.15) is 0 Å². The molecule has 0 N–H and O–H groups in total. The van der Waals surface area contributed by atoms with Gasteiger partial charge in [0.15, 0.2) is 0 Å². The van der Waals surface area contributed by atoms with Crippen molar-refractivity contribution in [2.24, 2.45) is 0 Å². The van der Waals surface area contributed by atoms with Crippen LogP contribution in [0.3, 0.4) is 0 Å². The third-order valence-electron chi connectivity index (χ3n) is 0. The second-order valence-electron chi connectivity index (χ2n) is 0.258. The van der Waals surface area contributed by atoms with Crippen molar-refractivity contribution < 1.29 is 0 Å². The van der Waals surface area contributed by atoms with Gasteiger partial charge in [-0.2, -0.15) is 0 Å². The van der Waals surface area contributed by atoms with E-state index in [1.54, 1.807) is 0 Å². The van der Waals surface area contributed by atoms with Gasteiger partial charge in [-0.05, 0) is 0 Å². The van der Waals surface area contributed by atoms with Crippen molar-refractivity contribution >= 4 is 53.4 Å². The second kappa shape index (κ2) is 32.7. The first-order valence-corrected chi connectivity index (χ1v) is 1.02. The Morgan fingerprint density at radius 1 is 1.00 bits per heavy atom. The predicted octanol–water partition coefficient (Wildman–Crippen LogP) is -1.11. The Morgan fingerprint density at radius 3 is 1.00 bits per heavy atom. The summed E-state index contributed by atoms with van der Waals surface area (Å²) in [5.41, 5.74) is 0. The quantitative estimate of drug-likeness (QED) is 0.374. The number of hydrogen-bond donors (Lipinski definition) is 0. The van der Waals surface area contributed by atoms with Gasteiger partial charge in [0, 0.05) is 0 Å². The van der Waals surface area contributed by atoms with E-state index >= 15 is 0 Å². The van der Waals surface area contributed by atoms with Gasteiger partial charge in [-0.1, -0.05) is 0 Å². The molecular weight excluding hydrogens is 114 g/mol. The van der Waals surface area contributed by atoms with Gasteiger partial charge in [-0.25, -0.2) is 0 Å². The van der Waals surface area contributed by atoms with Gasteiger partial charge < -0.3 is 15.7 Å². The first-order chi connectivity index (χ1) is 2.83. The third kappa shape index (κ3) is 890. The SMILES string of the molecule is [B-]C#N.[B-]C#N.[Ca+2]. The zero-order chi connectivity index (χ0) is 5.41. The van der Waals surface area contributed by atoms with E-state index in [2.05, 4.69) is 15.7 Å². The van der Waals surface area contributed by atoms with Crippen molar-refractivity contribution in [3.63, 3.8) is 0 Å². The molecular formula is C2B2CaN2. The summed E-state index contributed by atoms with van der Waals surface area (Å²) in [7, 11) is 8.31. The van der Waals surface area contributed by atoms with Gasteiger partial charge in [0.05, 0.1) is 0 Å². The van der Waals surface area contributed by atoms with Crippen molar-refractivity contribution in [3.05, 3.63) is 0 Å². The minimum Gasteiger partial charge on any atom is -0.466 e. The summed E-state index contributed by atoms with van der Waals surface area (Å²) >= 11 is 0. The van der Waals surface area contributed by atoms with Crippen molar-refractivity contribution in [2.75, 3.05) is 0 Å². The van der Waals surface area contributed by atoms with Crippen LogP contribution in [0, 0.1) is 22.5 Å². The molecule has 0 aliphatic rings. The molecule has 7 heavy (non-hydrogen) atoms. The van der Waals surface area contributed by atoms with Crippen LogP contribution in [0.4, 0.5) is 0 Å². The van der Waals surface area contributed by atoms with Crippen molar-refractivity contribution in [1.29, 1.82) is 10.5 Å². The minimum absolute atomic E-state index is 0. The smallest absolute Gasteiger partial charge is 0.466 e. The Labute approximate surface area is 75.3 Å². The van der Waals surface area contributed by atoms with Crippen LogP contribution in [0.1, 0.15) is 0 Å². The van der Waals surface area contributed by atoms with Gasteiger partial charge >= 0.3 is 37.7 Å². The van der Waals surface area contributed by atoms with Crippen LogP contribution in [-0.2, 0) is 0 Å². The van der Waals surface area contributed by atoms with Crippen LogP contribution in [0.2, 0.25) is 0 Å². The number of rotatable bonds is 0. The Morgan fingerprint density at radius 2 is 1.00 bits per heavy atom. The zero-order valence-electron chi connectivity index (χ0n) is 3.76. The molecule has 0 atom stereocenters. The molecule has 0 aliphatic carbocycles. The van der Waals surface area contributed by atoms with Crippen LogP contribution in [-0.4, -0.2) is 53.4 Å². The molecule has 0 saturated heterocycles. The summed E-state index contributed by atoms with van der Waals surface area (Å²) in [5.74, 6) is 2.50. The van der Waals surface area contributed by atoms with Crippen LogP contribution in [0.15, 0.2) is 0 Å². The van der Waals surface area contributed by atoms with E-state index in [1.807, 2.05) is 0 Å². The molecule has 0 aromatic heterocycles. The summed E-state index contributed by atoms with van der Waals surface area (Å²) in [6, 6.07) is 0. The standard InChI is InChI=1S/2CBN.Ca/c2*2-1-3;/q2*-1;+2. The fourth-order valence-corrected chi connectivity index (χ4v) is 0. The number of hydrogen-bond acceptors (Lipinski definition) is 2. The van der Waals surface area contributed by atoms with E-state index in [0.29, 0.717) is 0 Å². The summed E-state index contributed by atoms with van der Waals surface area (Å²) in [6.45, 7) is 0. The first kappa shape index (κ1) is 15.7. The summed E-state index contributed by atoms with van der Waals surface area (Å²) < 4.78 is 0. The third-order valence-corrected chi connectivity index (χ3v) is 0. The molecule has 0 saturated carbocycles. The number of nitriles is 2. The summed E-state index contributed by atoms with van der Waals surface area (Å²) in [5, 5.41) is 14.2. The summed E-state index contributed by atoms with van der Waals surface area (Å²) in [6.07, 6.45) is 0. The summed E-state index contributed by atoms with van der Waals surface area (Å²) in [4.78, 5) is 0. The van der Waals surface area contributed by atoms with E-state index in [4.69, 9.17) is 10.5 Å². The molecule has 0 rings (SSSR count). The molecule has 0 aromatic rings. The largest absolute Gasteiger partial charge is 2.00 e. The zero-order valence-corrected chi connectivity index (χ0v) is 5.96. The monoisotopic (exact) mass is 114 g/mol. The molecule has 2 nitrogen and oxygen atoms in total. The molecule has 0 heterocycles. The van der Waals surface area contributed by atoms with Crippen molar-refractivity contribution in [2.45, 2.75) is 0 Å². The van der Waals surface area contributed by atoms with E-state index in [0.717, 1.165) is 0 Å². The van der Waals surface area contributed by atoms with E-state index in [1.165, 1.54) is 11.9 Å². The molecule has 0 unspecified atom stereocenters. The Balaban J connectivity index is -0.0000000400. The topological polar surface area (TPSA) is 47.6 Å². The predicted molar refractivity (Wildman–Crippen MR) is 28.5 cm³/mol. The molecule has 0 aliphatic heterocycles. The molecule has 5 heteroatoms. The molecule has 26 valence electrons.